The van der Waals surface area contributed by atoms with E-state index in [-0.39, 0.29) is 17.9 Å². The van der Waals surface area contributed by atoms with Crippen LogP contribution in [-0.4, -0.2) is 23.6 Å². The number of nitrogens with one attached hydrogen (secondary N) is 1. The Balaban J connectivity index is 1.79. The van der Waals surface area contributed by atoms with Gasteiger partial charge in [-0.2, -0.15) is 0 Å². The number of aryl methyl sites for hydroxylation is 1. The van der Waals surface area contributed by atoms with E-state index in [1.165, 1.54) is 6.07 Å². The molecular formula is C18H19NO4. The molecule has 0 atom stereocenters. The maximum atomic E-state index is 11.9. The van der Waals surface area contributed by atoms with Gasteiger partial charge in [-0.15, -0.1) is 0 Å². The Morgan fingerprint density at radius 2 is 1.91 bits per heavy atom. The number of carboxylic acid groups (broad SMARTS) is 1. The van der Waals surface area contributed by atoms with Crippen molar-refractivity contribution in [1.29, 1.82) is 0 Å². The molecule has 5 heteroatoms. The molecule has 1 amide bonds. The zero-order chi connectivity index (χ0) is 16.7. The minimum atomic E-state index is -1.07. The molecule has 0 heterocycles. The topological polar surface area (TPSA) is 75.6 Å². The van der Waals surface area contributed by atoms with Crippen LogP contribution in [-0.2, 0) is 4.79 Å². The van der Waals surface area contributed by atoms with Crippen molar-refractivity contribution in [2.24, 2.45) is 0 Å². The molecule has 0 aliphatic carbocycles. The lowest BCUT2D eigenvalue weighted by atomic mass is 10.1. The van der Waals surface area contributed by atoms with Crippen molar-refractivity contribution < 1.29 is 19.4 Å². The van der Waals surface area contributed by atoms with Crippen molar-refractivity contribution in [2.45, 2.75) is 19.8 Å². The van der Waals surface area contributed by atoms with Gasteiger partial charge in [-0.3, -0.25) is 4.79 Å². The van der Waals surface area contributed by atoms with Crippen LogP contribution in [0.5, 0.6) is 5.75 Å². The highest BCUT2D eigenvalue weighted by Crippen LogP contribution is 2.16. The van der Waals surface area contributed by atoms with Gasteiger partial charge in [0.05, 0.1) is 17.9 Å². The number of ether oxygens (including phenoxy) is 1. The average molecular weight is 313 g/mol. The fourth-order valence-electron chi connectivity index (χ4n) is 2.12. The molecule has 2 aromatic rings. The number of carboxylic acids is 1. The van der Waals surface area contributed by atoms with Gasteiger partial charge in [0.25, 0.3) is 0 Å². The molecule has 120 valence electrons. The summed E-state index contributed by atoms with van der Waals surface area (Å²) in [5, 5.41) is 11.7. The number of carbonyl (C=O) groups excluding carboxylic acids is 1. The number of aromatic carboxylic acids is 1. The number of anilines is 1. The quantitative estimate of drug-likeness (QED) is 0.767. The Morgan fingerprint density at radius 3 is 2.65 bits per heavy atom. The zero-order valence-electron chi connectivity index (χ0n) is 12.9. The number of hydrogen-bond acceptors (Lipinski definition) is 3. The van der Waals surface area contributed by atoms with E-state index in [0.29, 0.717) is 18.7 Å². The summed E-state index contributed by atoms with van der Waals surface area (Å²) in [4.78, 5) is 23.0. The molecule has 2 N–H and O–H groups in total. The number of para-hydroxylation sites is 1. The minimum absolute atomic E-state index is 0.0804. The van der Waals surface area contributed by atoms with Crippen LogP contribution < -0.4 is 10.1 Å². The standard InChI is InChI=1S/C18H19NO4/c1-13-6-4-7-14(12-13)23-11-5-10-17(20)19-16-9-3-2-8-15(16)18(21)22/h2-4,6-9,12H,5,10-11H2,1H3,(H,19,20)(H,21,22). The van der Waals surface area contributed by atoms with Gasteiger partial charge in [0.1, 0.15) is 5.75 Å². The molecule has 23 heavy (non-hydrogen) atoms. The monoisotopic (exact) mass is 313 g/mol. The number of hydrogen-bond donors (Lipinski definition) is 2. The predicted octanol–water partition coefficient (Wildman–Crippen LogP) is 3.49. The fourth-order valence-corrected chi connectivity index (χ4v) is 2.12. The number of carbonyl (C=O) groups is 2. The molecule has 0 radical (unpaired) electrons. The molecule has 0 unspecified atom stereocenters. The highest BCUT2D eigenvalue weighted by Gasteiger charge is 2.11. The smallest absolute Gasteiger partial charge is 0.337 e. The molecule has 0 fully saturated rings. The summed E-state index contributed by atoms with van der Waals surface area (Å²) in [6.45, 7) is 2.41. The summed E-state index contributed by atoms with van der Waals surface area (Å²) in [6, 6.07) is 14.0. The second kappa shape index (κ2) is 7.98. The average Bonchev–Trinajstić information content (AvgIpc) is 2.52. The maximum Gasteiger partial charge on any atom is 0.337 e. The lowest BCUT2D eigenvalue weighted by molar-refractivity contribution is -0.116. The van der Waals surface area contributed by atoms with E-state index in [1.54, 1.807) is 18.2 Å². The lowest BCUT2D eigenvalue weighted by Crippen LogP contribution is -2.15. The number of benzene rings is 2. The van der Waals surface area contributed by atoms with E-state index >= 15 is 0 Å². The highest BCUT2D eigenvalue weighted by molar-refractivity contribution is 6.00. The van der Waals surface area contributed by atoms with Crippen LogP contribution in [0, 0.1) is 6.92 Å². The van der Waals surface area contributed by atoms with Crippen LogP contribution in [0.2, 0.25) is 0 Å². The highest BCUT2D eigenvalue weighted by atomic mass is 16.5. The largest absolute Gasteiger partial charge is 0.494 e. The van der Waals surface area contributed by atoms with Gasteiger partial charge in [0, 0.05) is 6.42 Å². The first-order valence-electron chi connectivity index (χ1n) is 7.38. The Hall–Kier alpha value is -2.82. The van der Waals surface area contributed by atoms with Gasteiger partial charge in [0.2, 0.25) is 5.91 Å². The third kappa shape index (κ3) is 5.14. The Kier molecular flexibility index (Phi) is 5.74. The van der Waals surface area contributed by atoms with Gasteiger partial charge >= 0.3 is 5.97 Å². The first kappa shape index (κ1) is 16.5. The van der Waals surface area contributed by atoms with Crippen molar-refractivity contribution in [3.8, 4) is 5.75 Å². The van der Waals surface area contributed by atoms with Crippen LogP contribution in [0.3, 0.4) is 0 Å². The van der Waals surface area contributed by atoms with Gasteiger partial charge in [-0.05, 0) is 43.2 Å². The van der Waals surface area contributed by atoms with Crippen molar-refractivity contribution in [2.75, 3.05) is 11.9 Å². The summed E-state index contributed by atoms with van der Waals surface area (Å²) >= 11 is 0. The molecule has 2 rings (SSSR count). The molecule has 0 saturated heterocycles. The first-order valence-corrected chi connectivity index (χ1v) is 7.38. The zero-order valence-corrected chi connectivity index (χ0v) is 12.9. The molecule has 0 spiro atoms. The van der Waals surface area contributed by atoms with Gasteiger partial charge in [0.15, 0.2) is 0 Å². The SMILES string of the molecule is Cc1cccc(OCCCC(=O)Nc2ccccc2C(=O)O)c1. The normalized spacial score (nSPS) is 10.1. The minimum Gasteiger partial charge on any atom is -0.494 e. The molecule has 0 aromatic heterocycles. The molecule has 0 saturated carbocycles. The van der Waals surface area contributed by atoms with Crippen LogP contribution in [0.15, 0.2) is 48.5 Å². The van der Waals surface area contributed by atoms with Crippen molar-refractivity contribution in [3.05, 3.63) is 59.7 Å². The van der Waals surface area contributed by atoms with Crippen LogP contribution >= 0.6 is 0 Å². The lowest BCUT2D eigenvalue weighted by Gasteiger charge is -2.09. The fraction of sp³-hybridized carbons (Fsp3) is 0.222. The third-order valence-corrected chi connectivity index (χ3v) is 3.24. The molecule has 5 nitrogen and oxygen atoms in total. The van der Waals surface area contributed by atoms with Crippen molar-refractivity contribution in [3.63, 3.8) is 0 Å². The van der Waals surface area contributed by atoms with Gasteiger partial charge < -0.3 is 15.2 Å². The second-order valence-corrected chi connectivity index (χ2v) is 5.17. The molecule has 2 aromatic carbocycles. The number of rotatable bonds is 7. The maximum absolute atomic E-state index is 11.9. The van der Waals surface area contributed by atoms with E-state index < -0.39 is 5.97 Å². The Labute approximate surface area is 134 Å². The van der Waals surface area contributed by atoms with Crippen LogP contribution in [0.4, 0.5) is 5.69 Å². The van der Waals surface area contributed by atoms with E-state index in [1.807, 2.05) is 31.2 Å². The summed E-state index contributed by atoms with van der Waals surface area (Å²) < 4.78 is 5.58. The molecule has 0 aliphatic heterocycles. The summed E-state index contributed by atoms with van der Waals surface area (Å²) in [7, 11) is 0. The number of amides is 1. The Morgan fingerprint density at radius 1 is 1.13 bits per heavy atom. The predicted molar refractivity (Wildman–Crippen MR) is 87.9 cm³/mol. The van der Waals surface area contributed by atoms with E-state index in [9.17, 15) is 9.59 Å². The van der Waals surface area contributed by atoms with E-state index in [0.717, 1.165) is 11.3 Å². The van der Waals surface area contributed by atoms with Gasteiger partial charge in [-0.25, -0.2) is 4.79 Å². The van der Waals surface area contributed by atoms with Crippen LogP contribution in [0.25, 0.3) is 0 Å². The summed E-state index contributed by atoms with van der Waals surface area (Å²) in [6.07, 6.45) is 0.814. The molecule has 0 aliphatic rings. The summed E-state index contributed by atoms with van der Waals surface area (Å²) in [5.41, 5.74) is 1.51. The third-order valence-electron chi connectivity index (χ3n) is 3.24. The van der Waals surface area contributed by atoms with E-state index in [2.05, 4.69) is 5.32 Å². The van der Waals surface area contributed by atoms with Gasteiger partial charge in [-0.1, -0.05) is 24.3 Å². The second-order valence-electron chi connectivity index (χ2n) is 5.17. The molecule has 0 bridgehead atoms. The Bertz CT molecular complexity index is 697. The van der Waals surface area contributed by atoms with Crippen molar-refractivity contribution in [1.82, 2.24) is 0 Å². The van der Waals surface area contributed by atoms with E-state index in [4.69, 9.17) is 9.84 Å². The first-order chi connectivity index (χ1) is 11.1. The van der Waals surface area contributed by atoms with Crippen molar-refractivity contribution >= 4 is 17.6 Å². The van der Waals surface area contributed by atoms with Crippen LogP contribution in [0.1, 0.15) is 28.8 Å². The molecular weight excluding hydrogens is 294 g/mol. The summed E-state index contributed by atoms with van der Waals surface area (Å²) in [5.74, 6) is -0.517.